The number of hydrogen-bond donors (Lipinski definition) is 1. The number of hydrogen-bond acceptors (Lipinski definition) is 4. The summed E-state index contributed by atoms with van der Waals surface area (Å²) in [6.07, 6.45) is -1.32. The van der Waals surface area contributed by atoms with Gasteiger partial charge in [-0.2, -0.15) is 0 Å². The van der Waals surface area contributed by atoms with Crippen molar-refractivity contribution in [3.05, 3.63) is 28.2 Å². The Morgan fingerprint density at radius 2 is 2.13 bits per heavy atom. The van der Waals surface area contributed by atoms with Crippen LogP contribution in [0, 0.1) is 0 Å². The normalized spacial score (nSPS) is 12.0. The number of carbonyl (C=O) groups excluding carboxylic acids is 1. The maximum atomic E-state index is 11.1. The van der Waals surface area contributed by atoms with E-state index >= 15 is 0 Å². The van der Waals surface area contributed by atoms with Gasteiger partial charge in [0.05, 0.1) is 14.2 Å². The molecule has 1 aromatic carbocycles. The van der Waals surface area contributed by atoms with Crippen LogP contribution in [0.15, 0.2) is 22.7 Å². The number of methoxy groups -OCH3 is 2. The molecule has 0 aliphatic carbocycles. The summed E-state index contributed by atoms with van der Waals surface area (Å²) in [7, 11) is 2.69. The molecule has 1 rings (SSSR count). The highest BCUT2D eigenvalue weighted by molar-refractivity contribution is 9.10. The van der Waals surface area contributed by atoms with Crippen molar-refractivity contribution in [3.63, 3.8) is 0 Å². The molecular formula is C10H11BrO4. The van der Waals surface area contributed by atoms with Crippen LogP contribution in [0.2, 0.25) is 0 Å². The molecule has 82 valence electrons. The molecule has 1 N–H and O–H groups in total. The Bertz CT molecular complexity index is 364. The fraction of sp³-hybridized carbons (Fsp3) is 0.300. The number of aliphatic hydroxyl groups excluding tert-OH is 1. The van der Waals surface area contributed by atoms with Gasteiger partial charge in [0.1, 0.15) is 5.75 Å². The summed E-state index contributed by atoms with van der Waals surface area (Å²) in [4.78, 5) is 11.1. The zero-order chi connectivity index (χ0) is 11.4. The van der Waals surface area contributed by atoms with Gasteiger partial charge in [-0.05, 0) is 12.1 Å². The Kier molecular flexibility index (Phi) is 4.11. The van der Waals surface area contributed by atoms with E-state index in [-0.39, 0.29) is 0 Å². The van der Waals surface area contributed by atoms with Crippen molar-refractivity contribution in [2.45, 2.75) is 6.10 Å². The second kappa shape index (κ2) is 5.14. The number of halogens is 1. The first kappa shape index (κ1) is 12.0. The summed E-state index contributed by atoms with van der Waals surface area (Å²) in [6, 6.07) is 4.98. The number of aliphatic hydroxyl groups is 1. The first-order chi connectivity index (χ1) is 7.10. The first-order valence-corrected chi connectivity index (χ1v) is 4.98. The summed E-state index contributed by atoms with van der Waals surface area (Å²) in [5, 5.41) is 9.62. The number of esters is 1. The SMILES string of the molecule is COC(=O)C(O)c1ccc(Br)cc1OC. The lowest BCUT2D eigenvalue weighted by molar-refractivity contribution is -0.150. The molecule has 0 aliphatic rings. The molecule has 0 bridgehead atoms. The van der Waals surface area contributed by atoms with Crippen LogP contribution in [0.3, 0.4) is 0 Å². The quantitative estimate of drug-likeness (QED) is 0.852. The summed E-state index contributed by atoms with van der Waals surface area (Å²) in [6.45, 7) is 0. The minimum Gasteiger partial charge on any atom is -0.496 e. The number of ether oxygens (including phenoxy) is 2. The third-order valence-electron chi connectivity index (χ3n) is 1.91. The lowest BCUT2D eigenvalue weighted by Gasteiger charge is -2.12. The van der Waals surface area contributed by atoms with Crippen molar-refractivity contribution in [2.24, 2.45) is 0 Å². The smallest absolute Gasteiger partial charge is 0.339 e. The molecule has 0 saturated heterocycles. The van der Waals surface area contributed by atoms with E-state index in [2.05, 4.69) is 20.7 Å². The molecule has 0 heterocycles. The van der Waals surface area contributed by atoms with Crippen molar-refractivity contribution in [2.75, 3.05) is 14.2 Å². The maximum absolute atomic E-state index is 11.1. The summed E-state index contributed by atoms with van der Waals surface area (Å²) in [5.41, 5.74) is 0.382. The molecule has 0 amide bonds. The van der Waals surface area contributed by atoms with Crippen LogP contribution in [0.25, 0.3) is 0 Å². The maximum Gasteiger partial charge on any atom is 0.339 e. The van der Waals surface area contributed by atoms with Crippen LogP contribution >= 0.6 is 15.9 Å². The van der Waals surface area contributed by atoms with E-state index in [9.17, 15) is 9.90 Å². The van der Waals surface area contributed by atoms with Crippen LogP contribution < -0.4 is 4.74 Å². The standard InChI is InChI=1S/C10H11BrO4/c1-14-8-5-6(11)3-4-7(8)9(12)10(13)15-2/h3-5,9,12H,1-2H3. The van der Waals surface area contributed by atoms with Gasteiger partial charge in [-0.3, -0.25) is 0 Å². The summed E-state index contributed by atoms with van der Waals surface area (Å²) >= 11 is 3.26. The van der Waals surface area contributed by atoms with E-state index in [1.807, 2.05) is 0 Å². The second-order valence-electron chi connectivity index (χ2n) is 2.81. The minimum absolute atomic E-state index is 0.382. The predicted molar refractivity (Wildman–Crippen MR) is 57.7 cm³/mol. The van der Waals surface area contributed by atoms with Crippen molar-refractivity contribution >= 4 is 21.9 Å². The molecule has 0 fully saturated rings. The molecule has 0 saturated carbocycles. The monoisotopic (exact) mass is 274 g/mol. The highest BCUT2D eigenvalue weighted by Gasteiger charge is 2.21. The summed E-state index contributed by atoms with van der Waals surface area (Å²) < 4.78 is 10.3. The van der Waals surface area contributed by atoms with Crippen LogP contribution in [-0.4, -0.2) is 25.3 Å². The van der Waals surface area contributed by atoms with E-state index in [0.717, 1.165) is 4.47 Å². The average Bonchev–Trinajstić information content (AvgIpc) is 2.26. The van der Waals surface area contributed by atoms with Gasteiger partial charge in [-0.25, -0.2) is 4.79 Å². The molecule has 5 heteroatoms. The van der Waals surface area contributed by atoms with Gasteiger partial charge in [0.25, 0.3) is 0 Å². The Hall–Kier alpha value is -1.07. The van der Waals surface area contributed by atoms with Gasteiger partial charge < -0.3 is 14.6 Å². The number of benzene rings is 1. The average molecular weight is 275 g/mol. The van der Waals surface area contributed by atoms with Gasteiger partial charge in [0.2, 0.25) is 0 Å². The molecule has 1 atom stereocenters. The molecule has 0 aliphatic heterocycles. The van der Waals surface area contributed by atoms with E-state index in [1.165, 1.54) is 14.2 Å². The molecule has 4 nitrogen and oxygen atoms in total. The lowest BCUT2D eigenvalue weighted by Crippen LogP contribution is -2.14. The van der Waals surface area contributed by atoms with Crippen molar-refractivity contribution in [3.8, 4) is 5.75 Å². The van der Waals surface area contributed by atoms with Crippen LogP contribution in [0.5, 0.6) is 5.75 Å². The topological polar surface area (TPSA) is 55.8 Å². The van der Waals surface area contributed by atoms with Crippen LogP contribution in [0.4, 0.5) is 0 Å². The van der Waals surface area contributed by atoms with Gasteiger partial charge in [-0.1, -0.05) is 22.0 Å². The predicted octanol–water partition coefficient (Wildman–Crippen LogP) is 1.66. The van der Waals surface area contributed by atoms with Gasteiger partial charge in [0.15, 0.2) is 6.10 Å². The zero-order valence-corrected chi connectivity index (χ0v) is 9.95. The zero-order valence-electron chi connectivity index (χ0n) is 8.36. The van der Waals surface area contributed by atoms with E-state index in [0.29, 0.717) is 11.3 Å². The number of carbonyl (C=O) groups is 1. The Morgan fingerprint density at radius 1 is 1.47 bits per heavy atom. The Balaban J connectivity index is 3.07. The van der Waals surface area contributed by atoms with Gasteiger partial charge in [0, 0.05) is 10.0 Å². The second-order valence-corrected chi connectivity index (χ2v) is 3.73. The Labute approximate surface area is 95.9 Å². The molecule has 15 heavy (non-hydrogen) atoms. The van der Waals surface area contributed by atoms with Crippen molar-refractivity contribution in [1.82, 2.24) is 0 Å². The first-order valence-electron chi connectivity index (χ1n) is 4.19. The van der Waals surface area contributed by atoms with E-state index in [1.54, 1.807) is 18.2 Å². The third-order valence-corrected chi connectivity index (χ3v) is 2.41. The minimum atomic E-state index is -1.32. The molecule has 1 aromatic rings. The Morgan fingerprint density at radius 3 is 2.67 bits per heavy atom. The molecule has 1 unspecified atom stereocenters. The van der Waals surface area contributed by atoms with E-state index in [4.69, 9.17) is 4.74 Å². The fourth-order valence-electron chi connectivity index (χ4n) is 1.15. The molecule has 0 spiro atoms. The van der Waals surface area contributed by atoms with Crippen LogP contribution in [0.1, 0.15) is 11.7 Å². The van der Waals surface area contributed by atoms with Crippen molar-refractivity contribution in [1.29, 1.82) is 0 Å². The summed E-state index contributed by atoms with van der Waals surface area (Å²) in [5.74, 6) is -0.280. The van der Waals surface area contributed by atoms with Crippen LogP contribution in [-0.2, 0) is 9.53 Å². The fourth-order valence-corrected chi connectivity index (χ4v) is 1.49. The van der Waals surface area contributed by atoms with Crippen molar-refractivity contribution < 1.29 is 19.4 Å². The third kappa shape index (κ3) is 2.70. The molecular weight excluding hydrogens is 264 g/mol. The molecule has 0 radical (unpaired) electrons. The highest BCUT2D eigenvalue weighted by Crippen LogP contribution is 2.28. The van der Waals surface area contributed by atoms with Gasteiger partial charge >= 0.3 is 5.97 Å². The van der Waals surface area contributed by atoms with Gasteiger partial charge in [-0.15, -0.1) is 0 Å². The number of rotatable bonds is 3. The highest BCUT2D eigenvalue weighted by atomic mass is 79.9. The van der Waals surface area contributed by atoms with E-state index < -0.39 is 12.1 Å². The largest absolute Gasteiger partial charge is 0.496 e. The lowest BCUT2D eigenvalue weighted by atomic mass is 10.1. The molecule has 0 aromatic heterocycles.